The zero-order chi connectivity index (χ0) is 14.3. The van der Waals surface area contributed by atoms with Crippen LogP contribution in [0.25, 0.3) is 0 Å². The van der Waals surface area contributed by atoms with Crippen LogP contribution >= 0.6 is 0 Å². The summed E-state index contributed by atoms with van der Waals surface area (Å²) in [5.74, 6) is 3.41. The van der Waals surface area contributed by atoms with Gasteiger partial charge in [0, 0.05) is 19.1 Å². The van der Waals surface area contributed by atoms with Gasteiger partial charge >= 0.3 is 0 Å². The van der Waals surface area contributed by atoms with Gasteiger partial charge in [-0.1, -0.05) is 0 Å². The number of rotatable bonds is 5. The lowest BCUT2D eigenvalue weighted by Crippen LogP contribution is -2.43. The van der Waals surface area contributed by atoms with Crippen LogP contribution in [0.15, 0.2) is 0 Å². The van der Waals surface area contributed by atoms with Crippen molar-refractivity contribution in [3.63, 3.8) is 0 Å². The van der Waals surface area contributed by atoms with Crippen molar-refractivity contribution < 1.29 is 8.42 Å². The van der Waals surface area contributed by atoms with Gasteiger partial charge < -0.3 is 5.32 Å². The monoisotopic (exact) mass is 300 g/mol. The van der Waals surface area contributed by atoms with E-state index in [1.54, 1.807) is 4.31 Å². The van der Waals surface area contributed by atoms with E-state index >= 15 is 0 Å². The summed E-state index contributed by atoms with van der Waals surface area (Å²) in [7, 11) is -0.934. The first-order valence-corrected chi connectivity index (χ1v) is 9.94. The minimum atomic E-state index is -3.01. The average Bonchev–Trinajstić information content (AvgIpc) is 3.02. The van der Waals surface area contributed by atoms with Gasteiger partial charge in [-0.2, -0.15) is 0 Å². The summed E-state index contributed by atoms with van der Waals surface area (Å²) in [5, 5.41) is 3.52. The molecule has 2 saturated carbocycles. The van der Waals surface area contributed by atoms with Crippen molar-refractivity contribution in [1.82, 2.24) is 9.62 Å². The highest BCUT2D eigenvalue weighted by Gasteiger charge is 2.47. The van der Waals surface area contributed by atoms with Crippen molar-refractivity contribution in [2.24, 2.45) is 23.7 Å². The normalized spacial score (nSPS) is 39.5. The maximum atomic E-state index is 11.7. The first kappa shape index (κ1) is 14.8. The molecule has 0 aromatic heterocycles. The van der Waals surface area contributed by atoms with Crippen LogP contribution in [0.1, 0.15) is 38.5 Å². The minimum absolute atomic E-state index is 0.535. The second kappa shape index (κ2) is 5.58. The third kappa shape index (κ3) is 3.20. The smallest absolute Gasteiger partial charge is 0.211 e. The zero-order valence-corrected chi connectivity index (χ0v) is 13.5. The average molecular weight is 300 g/mol. The molecular formula is C15H28N2O2S. The molecule has 116 valence electrons. The Labute approximate surface area is 123 Å². The molecule has 0 aromatic carbocycles. The summed E-state index contributed by atoms with van der Waals surface area (Å²) in [5.41, 5.74) is 0. The number of nitrogens with zero attached hydrogens (tertiary/aromatic N) is 1. The molecular weight excluding hydrogens is 272 g/mol. The van der Waals surface area contributed by atoms with Gasteiger partial charge in [0.05, 0.1) is 6.26 Å². The molecule has 20 heavy (non-hydrogen) atoms. The Bertz CT molecular complexity index is 441. The molecule has 2 aliphatic carbocycles. The van der Waals surface area contributed by atoms with Crippen molar-refractivity contribution in [3.05, 3.63) is 0 Å². The van der Waals surface area contributed by atoms with Crippen molar-refractivity contribution in [3.8, 4) is 0 Å². The highest BCUT2D eigenvalue weighted by molar-refractivity contribution is 7.88. The topological polar surface area (TPSA) is 49.4 Å². The molecule has 3 aliphatic rings. The third-order valence-electron chi connectivity index (χ3n) is 5.76. The Balaban J connectivity index is 1.55. The van der Waals surface area contributed by atoms with Crippen molar-refractivity contribution in [2.45, 2.75) is 44.6 Å². The number of nitrogens with one attached hydrogen (secondary N) is 1. The fourth-order valence-corrected chi connectivity index (χ4v) is 5.46. The van der Waals surface area contributed by atoms with E-state index in [1.807, 2.05) is 0 Å². The largest absolute Gasteiger partial charge is 0.317 e. The maximum Gasteiger partial charge on any atom is 0.211 e. The molecule has 1 heterocycles. The molecule has 3 fully saturated rings. The number of fused-ring (bicyclic) bond motifs is 1. The molecule has 0 amide bonds. The Kier molecular flexibility index (Phi) is 4.13. The fourth-order valence-electron chi connectivity index (χ4n) is 4.52. The highest BCUT2D eigenvalue weighted by Crippen LogP contribution is 2.55. The molecule has 0 bridgehead atoms. The molecule has 4 atom stereocenters. The molecule has 0 spiro atoms. The van der Waals surface area contributed by atoms with Gasteiger partial charge in [-0.25, -0.2) is 12.7 Å². The van der Waals surface area contributed by atoms with Crippen LogP contribution in [-0.2, 0) is 10.0 Å². The van der Waals surface area contributed by atoms with E-state index in [1.165, 1.54) is 31.9 Å². The van der Waals surface area contributed by atoms with Crippen LogP contribution in [-0.4, -0.2) is 45.2 Å². The maximum absolute atomic E-state index is 11.7. The summed E-state index contributed by atoms with van der Waals surface area (Å²) in [6.07, 6.45) is 8.96. The van der Waals surface area contributed by atoms with E-state index in [0.29, 0.717) is 18.5 Å². The quantitative estimate of drug-likeness (QED) is 0.840. The van der Waals surface area contributed by atoms with Crippen LogP contribution in [0.5, 0.6) is 0 Å². The van der Waals surface area contributed by atoms with E-state index < -0.39 is 10.0 Å². The lowest BCUT2D eigenvalue weighted by molar-refractivity contribution is 0.214. The molecule has 0 aromatic rings. The zero-order valence-electron chi connectivity index (χ0n) is 12.7. The second-order valence-electron chi connectivity index (χ2n) is 7.25. The van der Waals surface area contributed by atoms with E-state index in [4.69, 9.17) is 0 Å². The molecule has 4 unspecified atom stereocenters. The van der Waals surface area contributed by atoms with Crippen LogP contribution in [0.4, 0.5) is 0 Å². The van der Waals surface area contributed by atoms with Gasteiger partial charge in [0.2, 0.25) is 10.0 Å². The Morgan fingerprint density at radius 3 is 2.55 bits per heavy atom. The number of piperidine rings is 1. The van der Waals surface area contributed by atoms with Crippen molar-refractivity contribution in [2.75, 3.05) is 26.4 Å². The summed E-state index contributed by atoms with van der Waals surface area (Å²) in [6.45, 7) is 1.45. The van der Waals surface area contributed by atoms with Crippen molar-refractivity contribution in [1.29, 1.82) is 0 Å². The van der Waals surface area contributed by atoms with E-state index in [2.05, 4.69) is 12.4 Å². The highest BCUT2D eigenvalue weighted by atomic mass is 32.2. The van der Waals surface area contributed by atoms with E-state index in [-0.39, 0.29) is 0 Å². The van der Waals surface area contributed by atoms with Crippen LogP contribution in [0, 0.1) is 23.7 Å². The van der Waals surface area contributed by atoms with Crippen LogP contribution in [0.2, 0.25) is 0 Å². The molecule has 1 N–H and O–H groups in total. The Morgan fingerprint density at radius 1 is 1.25 bits per heavy atom. The standard InChI is InChI=1S/C15H28N2O2S/c1-16-15(14-8-12-7-13(12)9-14)6-11-4-3-5-17(10-11)20(2,18)19/h11-16H,3-10H2,1-2H3. The van der Waals surface area contributed by atoms with Gasteiger partial charge in [0.1, 0.15) is 0 Å². The van der Waals surface area contributed by atoms with E-state index in [9.17, 15) is 8.42 Å². The predicted octanol–water partition coefficient (Wildman–Crippen LogP) is 1.68. The van der Waals surface area contributed by atoms with Gasteiger partial charge in [-0.3, -0.25) is 0 Å². The first-order chi connectivity index (χ1) is 9.47. The molecule has 1 saturated heterocycles. The van der Waals surface area contributed by atoms with Gasteiger partial charge in [-0.15, -0.1) is 0 Å². The summed E-state index contributed by atoms with van der Waals surface area (Å²) in [4.78, 5) is 0. The summed E-state index contributed by atoms with van der Waals surface area (Å²) in [6, 6.07) is 0.590. The minimum Gasteiger partial charge on any atom is -0.317 e. The second-order valence-corrected chi connectivity index (χ2v) is 9.23. The van der Waals surface area contributed by atoms with Crippen LogP contribution in [0.3, 0.4) is 0 Å². The van der Waals surface area contributed by atoms with Crippen molar-refractivity contribution >= 4 is 10.0 Å². The number of hydrogen-bond donors (Lipinski definition) is 1. The van der Waals surface area contributed by atoms with Gasteiger partial charge in [-0.05, 0) is 69.2 Å². The molecule has 0 radical (unpaired) electrons. The molecule has 5 heteroatoms. The lowest BCUT2D eigenvalue weighted by Gasteiger charge is -2.34. The molecule has 4 nitrogen and oxygen atoms in total. The first-order valence-electron chi connectivity index (χ1n) is 8.09. The Hall–Kier alpha value is -0.130. The molecule has 1 aliphatic heterocycles. The predicted molar refractivity (Wildman–Crippen MR) is 80.9 cm³/mol. The number of sulfonamides is 1. The van der Waals surface area contributed by atoms with E-state index in [0.717, 1.165) is 37.1 Å². The lowest BCUT2D eigenvalue weighted by atomic mass is 9.84. The fraction of sp³-hybridized carbons (Fsp3) is 1.00. The SMILES string of the molecule is CNC(CC1CCCN(S(C)(=O)=O)C1)C1CC2CC2C1. The number of hydrogen-bond acceptors (Lipinski definition) is 3. The summed E-state index contributed by atoms with van der Waals surface area (Å²) >= 11 is 0. The van der Waals surface area contributed by atoms with Gasteiger partial charge in [0.25, 0.3) is 0 Å². The van der Waals surface area contributed by atoms with Crippen LogP contribution < -0.4 is 5.32 Å². The molecule has 3 rings (SSSR count). The van der Waals surface area contributed by atoms with Gasteiger partial charge in [0.15, 0.2) is 0 Å². The Morgan fingerprint density at radius 2 is 1.95 bits per heavy atom. The third-order valence-corrected chi connectivity index (χ3v) is 7.03. The summed E-state index contributed by atoms with van der Waals surface area (Å²) < 4.78 is 25.1.